The summed E-state index contributed by atoms with van der Waals surface area (Å²) < 4.78 is 0. The second-order valence-electron chi connectivity index (χ2n) is 13.8. The normalized spacial score (nSPS) is 9.99. The number of nitro benzene ring substituents is 3. The molecule has 0 aliphatic heterocycles. The van der Waals surface area contributed by atoms with Crippen LogP contribution in [0.25, 0.3) is 33.4 Å². The Balaban J connectivity index is 0.000000276. The van der Waals surface area contributed by atoms with Crippen molar-refractivity contribution in [1.82, 2.24) is 30.9 Å². The van der Waals surface area contributed by atoms with Crippen LogP contribution < -0.4 is 16.0 Å². The van der Waals surface area contributed by atoms with Crippen LogP contribution in [0, 0.1) is 68.5 Å². The van der Waals surface area contributed by atoms with Gasteiger partial charge in [-0.25, -0.2) is 29.3 Å². The standard InChI is InChI=1S/3C15H13N3O5.Dy/c3*1-2-16-14(19)12-7-10(8-13(17-12)15(20)21)9-3-5-11(6-4-9)18(22)23;/h3*3-8H,2H2,1H3,(H,16,19)(H,20,21);. The Labute approximate surface area is 425 Å². The second-order valence-corrected chi connectivity index (χ2v) is 13.8. The van der Waals surface area contributed by atoms with E-state index in [9.17, 15) is 59.1 Å². The number of aromatic nitrogens is 3. The van der Waals surface area contributed by atoms with Crippen LogP contribution in [0.1, 0.15) is 83.7 Å². The minimum atomic E-state index is -1.26. The minimum absolute atomic E-state index is 0. The van der Waals surface area contributed by atoms with Gasteiger partial charge in [-0.1, -0.05) is 0 Å². The monoisotopic (exact) mass is 1110 g/mol. The van der Waals surface area contributed by atoms with Crippen LogP contribution in [0.4, 0.5) is 17.1 Å². The molecule has 25 heteroatoms. The fraction of sp³-hybridized carbons (Fsp3) is 0.133. The number of carboxylic acids is 3. The molecule has 24 nitrogen and oxygen atoms in total. The number of amides is 3. The molecule has 0 saturated heterocycles. The molecule has 6 aromatic rings. The number of nitro groups is 3. The molecule has 0 aliphatic rings. The molecular formula is C45H39DyN9O15. The molecular weight excluding hydrogens is 1070 g/mol. The average Bonchev–Trinajstić information content (AvgIpc) is 3.34. The van der Waals surface area contributed by atoms with E-state index in [-0.39, 0.29) is 89.4 Å². The molecule has 0 saturated carbocycles. The van der Waals surface area contributed by atoms with E-state index in [1.165, 1.54) is 109 Å². The van der Waals surface area contributed by atoms with Gasteiger partial charge in [-0.05, 0) is 127 Å². The van der Waals surface area contributed by atoms with Crippen molar-refractivity contribution >= 4 is 52.7 Å². The first kappa shape index (κ1) is 55.7. The third-order valence-electron chi connectivity index (χ3n) is 9.08. The van der Waals surface area contributed by atoms with Gasteiger partial charge in [0.1, 0.15) is 34.2 Å². The van der Waals surface area contributed by atoms with E-state index in [2.05, 4.69) is 30.9 Å². The number of nitrogens with one attached hydrogen (secondary N) is 3. The third kappa shape index (κ3) is 15.5. The van der Waals surface area contributed by atoms with E-state index in [0.29, 0.717) is 53.0 Å². The predicted molar refractivity (Wildman–Crippen MR) is 244 cm³/mol. The maximum Gasteiger partial charge on any atom is 0.354 e. The molecule has 0 radical (unpaired) electrons. The van der Waals surface area contributed by atoms with Gasteiger partial charge in [0, 0.05) is 94.2 Å². The first-order chi connectivity index (χ1) is 32.8. The first-order valence-electron chi connectivity index (χ1n) is 20.1. The maximum absolute atomic E-state index is 11.9. The fourth-order valence-electron chi connectivity index (χ4n) is 5.85. The van der Waals surface area contributed by atoms with Gasteiger partial charge in [0.25, 0.3) is 34.8 Å². The Bertz CT molecular complexity index is 2640. The third-order valence-corrected chi connectivity index (χ3v) is 9.08. The summed E-state index contributed by atoms with van der Waals surface area (Å²) in [5, 5.41) is 67.0. The number of carbonyl (C=O) groups excluding carboxylic acids is 3. The fourth-order valence-corrected chi connectivity index (χ4v) is 5.85. The van der Waals surface area contributed by atoms with Crippen molar-refractivity contribution in [3.8, 4) is 33.4 Å². The average molecular weight is 1110 g/mol. The van der Waals surface area contributed by atoms with Gasteiger partial charge in [-0.15, -0.1) is 0 Å². The summed E-state index contributed by atoms with van der Waals surface area (Å²) in [6, 6.07) is 25.0. The van der Waals surface area contributed by atoms with Crippen molar-refractivity contribution < 1.29 is 97.0 Å². The molecule has 3 aromatic carbocycles. The van der Waals surface area contributed by atoms with Gasteiger partial charge in [0.2, 0.25) is 0 Å². The summed E-state index contributed by atoms with van der Waals surface area (Å²) in [5.41, 5.74) is 1.81. The van der Waals surface area contributed by atoms with Crippen LogP contribution in [-0.2, 0) is 0 Å². The number of carboxylic acid groups (broad SMARTS) is 3. The number of aromatic carboxylic acids is 3. The van der Waals surface area contributed by atoms with Gasteiger partial charge in [-0.2, -0.15) is 0 Å². The number of carbonyl (C=O) groups is 6. The molecule has 0 aliphatic carbocycles. The second kappa shape index (κ2) is 26.1. The molecule has 0 atom stereocenters. The predicted octanol–water partition coefficient (Wildman–Crippen LogP) is 6.31. The topological polar surface area (TPSA) is 367 Å². The van der Waals surface area contributed by atoms with Gasteiger partial charge in [-0.3, -0.25) is 44.7 Å². The van der Waals surface area contributed by atoms with Crippen LogP contribution in [0.3, 0.4) is 0 Å². The summed E-state index contributed by atoms with van der Waals surface area (Å²) in [5.74, 6) is -5.26. The van der Waals surface area contributed by atoms with E-state index in [4.69, 9.17) is 15.3 Å². The number of rotatable bonds is 15. The Morgan fingerprint density at radius 3 is 0.771 bits per heavy atom. The molecule has 3 heterocycles. The zero-order valence-corrected chi connectivity index (χ0v) is 38.8. The molecule has 3 aromatic heterocycles. The van der Waals surface area contributed by atoms with Gasteiger partial charge < -0.3 is 31.3 Å². The van der Waals surface area contributed by atoms with Crippen LogP contribution in [0.15, 0.2) is 109 Å². The molecule has 70 heavy (non-hydrogen) atoms. The summed E-state index contributed by atoms with van der Waals surface area (Å²) >= 11 is 0. The van der Waals surface area contributed by atoms with E-state index in [0.717, 1.165) is 0 Å². The number of pyridine rings is 3. The minimum Gasteiger partial charge on any atom is -0.477 e. The Morgan fingerprint density at radius 2 is 0.600 bits per heavy atom. The van der Waals surface area contributed by atoms with Crippen molar-refractivity contribution in [2.24, 2.45) is 0 Å². The number of hydrogen-bond acceptors (Lipinski definition) is 15. The number of non-ortho nitro benzene ring substituents is 3. The van der Waals surface area contributed by atoms with Crippen molar-refractivity contribution in [2.45, 2.75) is 20.8 Å². The van der Waals surface area contributed by atoms with Crippen LogP contribution in [-0.4, -0.2) is 100 Å². The van der Waals surface area contributed by atoms with Crippen molar-refractivity contribution in [2.75, 3.05) is 19.6 Å². The molecule has 6 N–H and O–H groups in total. The van der Waals surface area contributed by atoms with E-state index in [1.54, 1.807) is 20.8 Å². The van der Waals surface area contributed by atoms with Crippen molar-refractivity contribution in [3.05, 3.63) is 174 Å². The maximum atomic E-state index is 11.9. The molecule has 0 fully saturated rings. The number of nitrogens with zero attached hydrogens (tertiary/aromatic N) is 6. The molecule has 0 spiro atoms. The SMILES string of the molecule is CCNC(=O)c1cc(-c2ccc([N+](=O)[O-])cc2)cc(C(=O)O)n1.CCNC(=O)c1cc(-c2ccc([N+](=O)[O-])cc2)cc(C(=O)O)n1.CCNC(=O)c1cc(-c2ccc([N+](=O)[O-])cc2)cc(C(=O)O)n1.[Dy]. The Hall–Kier alpha value is -8.60. The summed E-state index contributed by atoms with van der Waals surface area (Å²) in [6.45, 7) is 6.34. The molecule has 364 valence electrons. The zero-order valence-electron chi connectivity index (χ0n) is 36.8. The van der Waals surface area contributed by atoms with E-state index < -0.39 is 50.4 Å². The summed E-state index contributed by atoms with van der Waals surface area (Å²) in [4.78, 5) is 111. The summed E-state index contributed by atoms with van der Waals surface area (Å²) in [6.07, 6.45) is 0. The van der Waals surface area contributed by atoms with Crippen molar-refractivity contribution in [1.29, 1.82) is 0 Å². The van der Waals surface area contributed by atoms with Crippen molar-refractivity contribution in [3.63, 3.8) is 0 Å². The molecule has 3 amide bonds. The van der Waals surface area contributed by atoms with E-state index >= 15 is 0 Å². The van der Waals surface area contributed by atoms with Crippen LogP contribution in [0.2, 0.25) is 0 Å². The Morgan fingerprint density at radius 1 is 0.400 bits per heavy atom. The van der Waals surface area contributed by atoms with Gasteiger partial charge in [0.15, 0.2) is 0 Å². The smallest absolute Gasteiger partial charge is 0.354 e. The quantitative estimate of drug-likeness (QED) is 0.0484. The Kier molecular flexibility index (Phi) is 20.8. The van der Waals surface area contributed by atoms with Gasteiger partial charge >= 0.3 is 17.9 Å². The number of hydrogen-bond donors (Lipinski definition) is 6. The zero-order chi connectivity index (χ0) is 50.9. The van der Waals surface area contributed by atoms with Crippen LogP contribution in [0.5, 0.6) is 0 Å². The number of benzene rings is 3. The molecule has 0 unspecified atom stereocenters. The van der Waals surface area contributed by atoms with Gasteiger partial charge in [0.05, 0.1) is 14.8 Å². The van der Waals surface area contributed by atoms with Crippen LogP contribution >= 0.6 is 0 Å². The molecule has 0 bridgehead atoms. The molecule has 6 rings (SSSR count). The summed E-state index contributed by atoms with van der Waals surface area (Å²) in [7, 11) is 0. The largest absolute Gasteiger partial charge is 0.477 e. The first-order valence-corrected chi connectivity index (χ1v) is 20.1. The van der Waals surface area contributed by atoms with E-state index in [1.807, 2.05) is 0 Å².